The molecule has 1 saturated heterocycles. The maximum atomic E-state index is 13.5. The van der Waals surface area contributed by atoms with E-state index in [1.807, 2.05) is 61.5 Å². The molecule has 0 spiro atoms. The fourth-order valence-corrected chi connectivity index (χ4v) is 4.69. The molecule has 1 atom stereocenters. The summed E-state index contributed by atoms with van der Waals surface area (Å²) in [5.41, 5.74) is 4.03. The third-order valence-electron chi connectivity index (χ3n) is 5.18. The van der Waals surface area contributed by atoms with Crippen LogP contribution in [-0.4, -0.2) is 57.8 Å². The SMILES string of the molecule is COC(=O)[C@H]1CN(C(=O)c2cn(-c3ccccc3)nc2-c2ccccc2C)CCS1. The van der Waals surface area contributed by atoms with Gasteiger partial charge in [-0.2, -0.15) is 5.10 Å². The Morgan fingerprint density at radius 2 is 1.83 bits per heavy atom. The minimum Gasteiger partial charge on any atom is -0.468 e. The van der Waals surface area contributed by atoms with Crippen molar-refractivity contribution in [2.75, 3.05) is 26.0 Å². The number of thioether (sulfide) groups is 1. The van der Waals surface area contributed by atoms with Gasteiger partial charge in [0.2, 0.25) is 0 Å². The zero-order chi connectivity index (χ0) is 21.1. The fourth-order valence-electron chi connectivity index (χ4n) is 3.56. The van der Waals surface area contributed by atoms with Gasteiger partial charge in [-0.15, -0.1) is 11.8 Å². The highest BCUT2D eigenvalue weighted by molar-refractivity contribution is 8.00. The Morgan fingerprint density at radius 3 is 2.57 bits per heavy atom. The quantitative estimate of drug-likeness (QED) is 0.603. The molecule has 0 saturated carbocycles. The minimum atomic E-state index is -0.362. The number of carbonyl (C=O) groups excluding carboxylic acids is 2. The number of aromatic nitrogens is 2. The summed E-state index contributed by atoms with van der Waals surface area (Å²) in [6.07, 6.45) is 1.79. The van der Waals surface area contributed by atoms with E-state index >= 15 is 0 Å². The van der Waals surface area contributed by atoms with Crippen LogP contribution in [-0.2, 0) is 9.53 Å². The smallest absolute Gasteiger partial charge is 0.320 e. The number of amides is 1. The van der Waals surface area contributed by atoms with Crippen molar-refractivity contribution in [1.29, 1.82) is 0 Å². The van der Waals surface area contributed by atoms with E-state index in [0.717, 1.165) is 16.8 Å². The first-order chi connectivity index (χ1) is 14.6. The predicted octanol–water partition coefficient (Wildman–Crippen LogP) is 3.58. The molecule has 1 aliphatic rings. The zero-order valence-electron chi connectivity index (χ0n) is 16.9. The second-order valence-electron chi connectivity index (χ2n) is 7.12. The number of para-hydroxylation sites is 1. The van der Waals surface area contributed by atoms with Gasteiger partial charge in [-0.1, -0.05) is 42.5 Å². The highest BCUT2D eigenvalue weighted by atomic mass is 32.2. The van der Waals surface area contributed by atoms with E-state index in [2.05, 4.69) is 0 Å². The lowest BCUT2D eigenvalue weighted by molar-refractivity contribution is -0.140. The summed E-state index contributed by atoms with van der Waals surface area (Å²) >= 11 is 1.53. The highest BCUT2D eigenvalue weighted by Crippen LogP contribution is 2.29. The van der Waals surface area contributed by atoms with Crippen molar-refractivity contribution in [2.45, 2.75) is 12.2 Å². The Labute approximate surface area is 179 Å². The number of hydrogen-bond acceptors (Lipinski definition) is 5. The Balaban J connectivity index is 1.74. The molecule has 0 radical (unpaired) electrons. The lowest BCUT2D eigenvalue weighted by atomic mass is 10.0. The molecule has 0 bridgehead atoms. The van der Waals surface area contributed by atoms with Crippen LogP contribution >= 0.6 is 11.8 Å². The van der Waals surface area contributed by atoms with E-state index in [9.17, 15) is 9.59 Å². The number of methoxy groups -OCH3 is 1. The van der Waals surface area contributed by atoms with Gasteiger partial charge in [0.05, 0.1) is 18.4 Å². The molecule has 2 aromatic carbocycles. The summed E-state index contributed by atoms with van der Waals surface area (Å²) < 4.78 is 6.62. The van der Waals surface area contributed by atoms with E-state index in [-0.39, 0.29) is 17.1 Å². The predicted molar refractivity (Wildman–Crippen MR) is 118 cm³/mol. The molecule has 1 aromatic heterocycles. The molecule has 3 aromatic rings. The molecule has 154 valence electrons. The van der Waals surface area contributed by atoms with Crippen molar-refractivity contribution in [1.82, 2.24) is 14.7 Å². The molecular formula is C23H23N3O3S. The summed E-state index contributed by atoms with van der Waals surface area (Å²) in [5.74, 6) is 0.277. The van der Waals surface area contributed by atoms with Gasteiger partial charge in [0.1, 0.15) is 10.9 Å². The summed E-state index contributed by atoms with van der Waals surface area (Å²) in [6, 6.07) is 17.6. The van der Waals surface area contributed by atoms with Gasteiger partial charge in [-0.3, -0.25) is 9.59 Å². The summed E-state index contributed by atoms with van der Waals surface area (Å²) in [5, 5.41) is 4.41. The number of hydrogen-bond donors (Lipinski definition) is 0. The van der Waals surface area contributed by atoms with Crippen molar-refractivity contribution < 1.29 is 14.3 Å². The number of carbonyl (C=O) groups is 2. The van der Waals surface area contributed by atoms with Gasteiger partial charge in [-0.25, -0.2) is 4.68 Å². The molecule has 0 aliphatic carbocycles. The zero-order valence-corrected chi connectivity index (χ0v) is 17.8. The molecular weight excluding hydrogens is 398 g/mol. The average molecular weight is 422 g/mol. The number of ether oxygens (including phenoxy) is 1. The van der Waals surface area contributed by atoms with Crippen molar-refractivity contribution in [3.8, 4) is 16.9 Å². The minimum absolute atomic E-state index is 0.121. The van der Waals surface area contributed by atoms with Crippen LogP contribution in [0.5, 0.6) is 0 Å². The van der Waals surface area contributed by atoms with Crippen LogP contribution in [0.25, 0.3) is 16.9 Å². The molecule has 2 heterocycles. The number of rotatable bonds is 4. The van der Waals surface area contributed by atoms with Crippen molar-refractivity contribution >= 4 is 23.6 Å². The van der Waals surface area contributed by atoms with Crippen molar-refractivity contribution in [2.24, 2.45) is 0 Å². The van der Waals surface area contributed by atoms with Crippen LogP contribution in [0.15, 0.2) is 60.8 Å². The van der Waals surface area contributed by atoms with Gasteiger partial charge in [-0.05, 0) is 24.6 Å². The van der Waals surface area contributed by atoms with Gasteiger partial charge >= 0.3 is 5.97 Å². The Hall–Kier alpha value is -3.06. The second kappa shape index (κ2) is 8.75. The lowest BCUT2D eigenvalue weighted by Gasteiger charge is -2.30. The van der Waals surface area contributed by atoms with Crippen LogP contribution in [0.2, 0.25) is 0 Å². The Bertz CT molecular complexity index is 1060. The standard InChI is InChI=1S/C23H23N3O3S/c1-16-8-6-7-11-18(16)21-19(14-26(24-21)17-9-4-3-5-10-17)22(27)25-12-13-30-20(15-25)23(28)29-2/h3-11,14,20H,12-13,15H2,1-2H3/t20-/m1/s1. The number of nitrogens with zero attached hydrogens (tertiary/aromatic N) is 3. The molecule has 1 aliphatic heterocycles. The topological polar surface area (TPSA) is 64.4 Å². The second-order valence-corrected chi connectivity index (χ2v) is 8.43. The van der Waals surface area contributed by atoms with Crippen LogP contribution < -0.4 is 0 Å². The fraction of sp³-hybridized carbons (Fsp3) is 0.261. The monoisotopic (exact) mass is 421 g/mol. The summed E-state index contributed by atoms with van der Waals surface area (Å²) in [7, 11) is 1.38. The van der Waals surface area contributed by atoms with E-state index in [1.165, 1.54) is 18.9 Å². The Morgan fingerprint density at radius 1 is 1.10 bits per heavy atom. The maximum absolute atomic E-state index is 13.5. The third-order valence-corrected chi connectivity index (χ3v) is 6.35. The Kier molecular flexibility index (Phi) is 5.90. The number of aryl methyl sites for hydroxylation is 1. The first-order valence-electron chi connectivity index (χ1n) is 9.78. The average Bonchev–Trinajstić information content (AvgIpc) is 3.24. The van der Waals surface area contributed by atoms with Crippen LogP contribution in [0.1, 0.15) is 15.9 Å². The highest BCUT2D eigenvalue weighted by Gasteiger charge is 2.32. The van der Waals surface area contributed by atoms with E-state index in [4.69, 9.17) is 9.84 Å². The van der Waals surface area contributed by atoms with Crippen LogP contribution in [0.3, 0.4) is 0 Å². The van der Waals surface area contributed by atoms with Gasteiger partial charge in [0.25, 0.3) is 5.91 Å². The first kappa shape index (κ1) is 20.2. The van der Waals surface area contributed by atoms with E-state index in [0.29, 0.717) is 30.1 Å². The van der Waals surface area contributed by atoms with Crippen LogP contribution in [0.4, 0.5) is 0 Å². The summed E-state index contributed by atoms with van der Waals surface area (Å²) in [4.78, 5) is 27.2. The third kappa shape index (κ3) is 3.98. The number of benzene rings is 2. The number of esters is 1. The lowest BCUT2D eigenvalue weighted by Crippen LogP contribution is -2.45. The van der Waals surface area contributed by atoms with Crippen molar-refractivity contribution in [3.05, 3.63) is 71.9 Å². The van der Waals surface area contributed by atoms with E-state index in [1.54, 1.807) is 15.8 Å². The molecule has 4 rings (SSSR count). The van der Waals surface area contributed by atoms with Gasteiger partial charge < -0.3 is 9.64 Å². The normalized spacial score (nSPS) is 16.3. The van der Waals surface area contributed by atoms with E-state index < -0.39 is 0 Å². The molecule has 1 amide bonds. The molecule has 6 nitrogen and oxygen atoms in total. The van der Waals surface area contributed by atoms with Crippen LogP contribution in [0, 0.1) is 6.92 Å². The van der Waals surface area contributed by atoms with Crippen molar-refractivity contribution in [3.63, 3.8) is 0 Å². The maximum Gasteiger partial charge on any atom is 0.320 e. The molecule has 7 heteroatoms. The molecule has 30 heavy (non-hydrogen) atoms. The first-order valence-corrected chi connectivity index (χ1v) is 10.8. The van der Waals surface area contributed by atoms with Gasteiger partial charge in [0, 0.05) is 30.6 Å². The molecule has 1 fully saturated rings. The molecule has 0 N–H and O–H groups in total. The summed E-state index contributed by atoms with van der Waals surface area (Å²) in [6.45, 7) is 2.93. The largest absolute Gasteiger partial charge is 0.468 e. The van der Waals surface area contributed by atoms with Gasteiger partial charge in [0.15, 0.2) is 0 Å². The molecule has 0 unspecified atom stereocenters.